The Morgan fingerprint density at radius 2 is 2.26 bits per heavy atom. The van der Waals surface area contributed by atoms with Crippen LogP contribution in [0.4, 0.5) is 0 Å². The summed E-state index contributed by atoms with van der Waals surface area (Å²) in [4.78, 5) is 10.6. The van der Waals surface area contributed by atoms with Crippen molar-refractivity contribution < 1.29 is 14.6 Å². The average molecular weight is 266 g/mol. The summed E-state index contributed by atoms with van der Waals surface area (Å²) in [5.74, 6) is -0.111. The van der Waals surface area contributed by atoms with Crippen LogP contribution < -0.4 is 15.8 Å². The molecule has 0 aliphatic rings. The van der Waals surface area contributed by atoms with Crippen LogP contribution >= 0.6 is 0 Å². The zero-order valence-corrected chi connectivity index (χ0v) is 11.4. The third-order valence-corrected chi connectivity index (χ3v) is 3.05. The maximum Gasteiger partial charge on any atom is 0.320 e. The number of hydrogen-bond acceptors (Lipinski definition) is 4. The molecule has 0 spiro atoms. The molecule has 0 bridgehead atoms. The molecule has 0 saturated heterocycles. The number of nitrogens with one attached hydrogen (secondary N) is 1. The molecule has 0 fully saturated rings. The summed E-state index contributed by atoms with van der Waals surface area (Å²) in [5, 5.41) is 12.0. The molecular weight excluding hydrogens is 244 g/mol. The number of rotatable bonds is 8. The van der Waals surface area contributed by atoms with Crippen molar-refractivity contribution in [2.45, 2.75) is 31.8 Å². The molecule has 5 nitrogen and oxygen atoms in total. The van der Waals surface area contributed by atoms with Gasteiger partial charge in [-0.3, -0.25) is 4.79 Å². The molecule has 1 aromatic rings. The van der Waals surface area contributed by atoms with Gasteiger partial charge in [0.15, 0.2) is 0 Å². The zero-order chi connectivity index (χ0) is 14.3. The van der Waals surface area contributed by atoms with E-state index in [-0.39, 0.29) is 6.04 Å². The first kappa shape index (κ1) is 15.5. The first-order valence-corrected chi connectivity index (χ1v) is 6.40. The van der Waals surface area contributed by atoms with Gasteiger partial charge in [0.05, 0.1) is 7.11 Å². The van der Waals surface area contributed by atoms with Crippen molar-refractivity contribution in [1.82, 2.24) is 5.32 Å². The molecule has 0 radical (unpaired) electrons. The number of ether oxygens (including phenoxy) is 1. The highest BCUT2D eigenvalue weighted by Gasteiger charge is 2.11. The fraction of sp³-hybridized carbons (Fsp3) is 0.500. The summed E-state index contributed by atoms with van der Waals surface area (Å²) in [7, 11) is 1.64. The third kappa shape index (κ3) is 5.28. The second-order valence-electron chi connectivity index (χ2n) is 4.54. The normalized spacial score (nSPS) is 13.8. The molecule has 1 aromatic carbocycles. The summed E-state index contributed by atoms with van der Waals surface area (Å²) >= 11 is 0. The molecule has 106 valence electrons. The zero-order valence-electron chi connectivity index (χ0n) is 11.4. The minimum absolute atomic E-state index is 0.191. The molecular formula is C14H22N2O3. The largest absolute Gasteiger partial charge is 0.497 e. The molecule has 19 heavy (non-hydrogen) atoms. The van der Waals surface area contributed by atoms with E-state index in [0.717, 1.165) is 24.3 Å². The molecule has 0 aromatic heterocycles. The van der Waals surface area contributed by atoms with Gasteiger partial charge in [-0.15, -0.1) is 0 Å². The topological polar surface area (TPSA) is 84.6 Å². The fourth-order valence-electron chi connectivity index (χ4n) is 1.79. The van der Waals surface area contributed by atoms with Gasteiger partial charge < -0.3 is 20.9 Å². The predicted molar refractivity (Wildman–Crippen MR) is 74.3 cm³/mol. The van der Waals surface area contributed by atoms with Crippen molar-refractivity contribution in [3.05, 3.63) is 29.8 Å². The maximum atomic E-state index is 10.6. The molecule has 5 heteroatoms. The Labute approximate surface area is 113 Å². The van der Waals surface area contributed by atoms with E-state index in [2.05, 4.69) is 12.2 Å². The van der Waals surface area contributed by atoms with Gasteiger partial charge in [-0.1, -0.05) is 12.1 Å². The molecule has 0 aliphatic carbocycles. The van der Waals surface area contributed by atoms with Gasteiger partial charge in [-0.25, -0.2) is 0 Å². The van der Waals surface area contributed by atoms with E-state index in [9.17, 15) is 4.79 Å². The molecule has 0 saturated carbocycles. The molecule has 0 amide bonds. The predicted octanol–water partition coefficient (Wildman–Crippen LogP) is 1.54. The van der Waals surface area contributed by atoms with E-state index in [1.54, 1.807) is 7.11 Å². The fourth-order valence-corrected chi connectivity index (χ4v) is 1.79. The highest BCUT2D eigenvalue weighted by atomic mass is 16.5. The van der Waals surface area contributed by atoms with E-state index in [1.807, 2.05) is 24.3 Å². The molecule has 2 atom stereocenters. The van der Waals surface area contributed by atoms with Crippen LogP contribution in [0.2, 0.25) is 0 Å². The number of carboxylic acid groups (broad SMARTS) is 1. The number of methoxy groups -OCH3 is 1. The van der Waals surface area contributed by atoms with Crippen LogP contribution in [0, 0.1) is 0 Å². The van der Waals surface area contributed by atoms with Crippen LogP contribution in [0.1, 0.15) is 31.4 Å². The number of aliphatic carboxylic acids is 1. The molecule has 4 N–H and O–H groups in total. The maximum absolute atomic E-state index is 10.6. The van der Waals surface area contributed by atoms with Gasteiger partial charge in [0.25, 0.3) is 0 Å². The lowest BCUT2D eigenvalue weighted by Gasteiger charge is -2.15. The first-order valence-electron chi connectivity index (χ1n) is 6.40. The van der Waals surface area contributed by atoms with Gasteiger partial charge in [-0.05, 0) is 44.0 Å². The summed E-state index contributed by atoms with van der Waals surface area (Å²) in [5.41, 5.74) is 6.58. The lowest BCUT2D eigenvalue weighted by molar-refractivity contribution is -0.138. The average Bonchev–Trinajstić information content (AvgIpc) is 2.42. The monoisotopic (exact) mass is 266 g/mol. The second-order valence-corrected chi connectivity index (χ2v) is 4.54. The van der Waals surface area contributed by atoms with E-state index < -0.39 is 12.0 Å². The van der Waals surface area contributed by atoms with Crippen molar-refractivity contribution in [2.24, 2.45) is 5.73 Å². The van der Waals surface area contributed by atoms with Crippen LogP contribution in [0.25, 0.3) is 0 Å². The van der Waals surface area contributed by atoms with Gasteiger partial charge in [-0.2, -0.15) is 0 Å². The molecule has 0 aliphatic heterocycles. The Kier molecular flexibility index (Phi) is 6.32. The lowest BCUT2D eigenvalue weighted by Crippen LogP contribution is -2.31. The summed E-state index contributed by atoms with van der Waals surface area (Å²) in [6.45, 7) is 2.80. The summed E-state index contributed by atoms with van der Waals surface area (Å²) < 4.78 is 5.18. The van der Waals surface area contributed by atoms with Crippen molar-refractivity contribution in [2.75, 3.05) is 13.7 Å². The van der Waals surface area contributed by atoms with Crippen LogP contribution in [-0.4, -0.2) is 30.8 Å². The Balaban J connectivity index is 2.34. The minimum atomic E-state index is -0.944. The van der Waals surface area contributed by atoms with E-state index in [1.165, 1.54) is 0 Å². The van der Waals surface area contributed by atoms with Crippen molar-refractivity contribution >= 4 is 5.97 Å². The van der Waals surface area contributed by atoms with Crippen LogP contribution in [0.15, 0.2) is 24.3 Å². The number of carboxylic acids is 1. The van der Waals surface area contributed by atoms with Gasteiger partial charge >= 0.3 is 5.97 Å². The van der Waals surface area contributed by atoms with Gasteiger partial charge in [0.2, 0.25) is 0 Å². The van der Waals surface area contributed by atoms with Crippen molar-refractivity contribution in [1.29, 1.82) is 0 Å². The lowest BCUT2D eigenvalue weighted by atomic mass is 10.1. The van der Waals surface area contributed by atoms with Crippen molar-refractivity contribution in [3.63, 3.8) is 0 Å². The quantitative estimate of drug-likeness (QED) is 0.621. The van der Waals surface area contributed by atoms with Gasteiger partial charge in [0.1, 0.15) is 11.8 Å². The Bertz CT molecular complexity index is 409. The van der Waals surface area contributed by atoms with Crippen LogP contribution in [0.3, 0.4) is 0 Å². The number of carbonyl (C=O) groups is 1. The summed E-state index contributed by atoms with van der Waals surface area (Å²) in [6.07, 6.45) is 1.22. The third-order valence-electron chi connectivity index (χ3n) is 3.05. The standard InChI is InChI=1S/C14H22N2O3/c1-10(11-5-3-6-12(9-11)19-2)16-8-4-7-13(15)14(17)18/h3,5-6,9-10,13,16H,4,7-8,15H2,1-2H3,(H,17,18). The van der Waals surface area contributed by atoms with E-state index in [0.29, 0.717) is 6.42 Å². The van der Waals surface area contributed by atoms with Crippen LogP contribution in [-0.2, 0) is 4.79 Å². The summed E-state index contributed by atoms with van der Waals surface area (Å²) in [6, 6.07) is 7.29. The molecule has 2 unspecified atom stereocenters. The highest BCUT2D eigenvalue weighted by Crippen LogP contribution is 2.18. The number of benzene rings is 1. The Morgan fingerprint density at radius 1 is 1.53 bits per heavy atom. The molecule has 1 rings (SSSR count). The smallest absolute Gasteiger partial charge is 0.320 e. The van der Waals surface area contributed by atoms with E-state index >= 15 is 0 Å². The van der Waals surface area contributed by atoms with Gasteiger partial charge in [0, 0.05) is 6.04 Å². The number of nitrogens with two attached hydrogens (primary N) is 1. The van der Waals surface area contributed by atoms with Crippen molar-refractivity contribution in [3.8, 4) is 5.75 Å². The SMILES string of the molecule is COc1cccc(C(C)NCCCC(N)C(=O)O)c1. The Morgan fingerprint density at radius 3 is 2.89 bits per heavy atom. The highest BCUT2D eigenvalue weighted by molar-refractivity contribution is 5.72. The minimum Gasteiger partial charge on any atom is -0.497 e. The second kappa shape index (κ2) is 7.76. The molecule has 0 heterocycles. The van der Waals surface area contributed by atoms with E-state index in [4.69, 9.17) is 15.6 Å². The number of hydrogen-bond donors (Lipinski definition) is 3. The first-order chi connectivity index (χ1) is 9.04. The Hall–Kier alpha value is -1.59. The van der Waals surface area contributed by atoms with Crippen LogP contribution in [0.5, 0.6) is 5.75 Å².